The van der Waals surface area contributed by atoms with E-state index in [-0.39, 0.29) is 41.4 Å². The fourth-order valence-corrected chi connectivity index (χ4v) is 3.84. The number of carboxylic acids is 1. The molecule has 0 spiro atoms. The number of carbonyl (C=O) groups excluding carboxylic acids is 2. The van der Waals surface area contributed by atoms with Gasteiger partial charge >= 0.3 is 28.0 Å². The summed E-state index contributed by atoms with van der Waals surface area (Å²) in [5.74, 6) is -3.70. The number of benzene rings is 1. The summed E-state index contributed by atoms with van der Waals surface area (Å²) < 4.78 is 106. The SMILES string of the molecule is CCC(CC)Oc1ccc2n(n1)c(N)n[n+]2CC(=O)c1cc(NC)cc(S(F)(F)(F)(F)F)c1.O=C([O-])C(F)(F)F. The number of nitrogens with zero attached hydrogens (tertiary/aromatic N) is 4. The van der Waals surface area contributed by atoms with Crippen LogP contribution in [0.2, 0.25) is 0 Å². The van der Waals surface area contributed by atoms with Crippen LogP contribution in [0.3, 0.4) is 0 Å². The summed E-state index contributed by atoms with van der Waals surface area (Å²) in [5, 5.41) is 19.4. The van der Waals surface area contributed by atoms with Crippen molar-refractivity contribution in [2.45, 2.75) is 50.4 Å². The van der Waals surface area contributed by atoms with Crippen molar-refractivity contribution in [1.29, 1.82) is 0 Å². The highest BCUT2D eigenvalue weighted by Gasteiger charge is 2.65. The lowest BCUT2D eigenvalue weighted by Crippen LogP contribution is -2.40. The van der Waals surface area contributed by atoms with Gasteiger partial charge in [0.2, 0.25) is 5.78 Å². The lowest BCUT2D eigenvalue weighted by atomic mass is 10.1. The van der Waals surface area contributed by atoms with Gasteiger partial charge in [-0.25, -0.2) is 0 Å². The minimum absolute atomic E-state index is 0.0590. The van der Waals surface area contributed by atoms with Gasteiger partial charge in [-0.3, -0.25) is 4.79 Å². The fraction of sp³-hybridized carbons (Fsp3) is 0.381. The first-order valence-electron chi connectivity index (χ1n) is 11.2. The highest BCUT2D eigenvalue weighted by Crippen LogP contribution is 3.02. The lowest BCUT2D eigenvalue weighted by molar-refractivity contribution is -0.714. The average molecular weight is 609 g/mol. The van der Waals surface area contributed by atoms with Gasteiger partial charge in [-0.05, 0) is 41.2 Å². The number of Topliss-reactive ketones (excluding diaryl/α,β-unsaturated/α-hetero) is 1. The Morgan fingerprint density at radius 2 is 1.70 bits per heavy atom. The van der Waals surface area contributed by atoms with Crippen LogP contribution >= 0.6 is 10.2 Å². The Labute approximate surface area is 221 Å². The van der Waals surface area contributed by atoms with Crippen molar-refractivity contribution in [3.05, 3.63) is 35.9 Å². The summed E-state index contributed by atoms with van der Waals surface area (Å²) in [6.07, 6.45) is -3.73. The zero-order valence-corrected chi connectivity index (χ0v) is 21.8. The molecule has 40 heavy (non-hydrogen) atoms. The second kappa shape index (κ2) is 10.6. The number of hydrogen-bond donors (Lipinski definition) is 2. The number of aromatic nitrogens is 4. The third kappa shape index (κ3) is 8.30. The predicted octanol–water partition coefficient (Wildman–Crippen LogP) is 4.05. The Bertz CT molecular complexity index is 1410. The molecule has 0 amide bonds. The molecule has 0 unspecified atom stereocenters. The van der Waals surface area contributed by atoms with E-state index in [4.69, 9.17) is 20.4 Å². The molecule has 0 aliphatic rings. The van der Waals surface area contributed by atoms with E-state index in [2.05, 4.69) is 15.5 Å². The molecule has 1 aromatic carbocycles. The molecule has 0 aliphatic carbocycles. The number of hydrogen-bond acceptors (Lipinski definition) is 8. The molecule has 0 radical (unpaired) electrons. The number of aliphatic carboxylic acids is 1. The number of ether oxygens (including phenoxy) is 1. The lowest BCUT2D eigenvalue weighted by Gasteiger charge is -2.40. The molecule has 2 heterocycles. The summed E-state index contributed by atoms with van der Waals surface area (Å²) in [6, 6.07) is 4.54. The summed E-state index contributed by atoms with van der Waals surface area (Å²) in [7, 11) is -8.75. The number of nitrogens with one attached hydrogen (secondary N) is 1. The maximum atomic E-state index is 13.3. The van der Waals surface area contributed by atoms with Crippen LogP contribution in [-0.2, 0) is 11.3 Å². The van der Waals surface area contributed by atoms with Gasteiger partial charge in [0.05, 0.1) is 0 Å². The van der Waals surface area contributed by atoms with E-state index in [0.29, 0.717) is 0 Å². The first-order valence-corrected chi connectivity index (χ1v) is 13.1. The highest BCUT2D eigenvalue weighted by atomic mass is 32.5. The third-order valence-electron chi connectivity index (χ3n) is 5.18. The summed E-state index contributed by atoms with van der Waals surface area (Å²) >= 11 is 0. The largest absolute Gasteiger partial charge is 0.542 e. The van der Waals surface area contributed by atoms with Crippen molar-refractivity contribution in [2.75, 3.05) is 18.1 Å². The number of carboxylic acid groups (broad SMARTS) is 1. The minimum atomic E-state index is -10.00. The molecule has 3 N–H and O–H groups in total. The minimum Gasteiger partial charge on any atom is -0.542 e. The van der Waals surface area contributed by atoms with E-state index < -0.39 is 45.2 Å². The topological polar surface area (TPSA) is 139 Å². The fourth-order valence-electron chi connectivity index (χ4n) is 3.14. The number of nitrogens with two attached hydrogens (primary N) is 1. The number of alkyl halides is 3. The molecular formula is C21H24F8N6O4S. The summed E-state index contributed by atoms with van der Waals surface area (Å²) in [6.45, 7) is 3.37. The molecule has 0 aliphatic heterocycles. The Morgan fingerprint density at radius 3 is 2.17 bits per heavy atom. The highest BCUT2D eigenvalue weighted by molar-refractivity contribution is 8.45. The van der Waals surface area contributed by atoms with Crippen molar-refractivity contribution < 1.29 is 56.7 Å². The van der Waals surface area contributed by atoms with Crippen molar-refractivity contribution in [3.63, 3.8) is 0 Å². The molecule has 19 heteroatoms. The number of nitrogen functional groups attached to an aromatic ring is 1. The molecule has 224 valence electrons. The number of ketones is 1. The first-order chi connectivity index (χ1) is 18.1. The van der Waals surface area contributed by atoms with Crippen LogP contribution in [0.25, 0.3) is 5.65 Å². The van der Waals surface area contributed by atoms with Gasteiger partial charge in [0.15, 0.2) is 6.54 Å². The van der Waals surface area contributed by atoms with Gasteiger partial charge in [-0.2, -0.15) is 13.2 Å². The van der Waals surface area contributed by atoms with Gasteiger partial charge in [0, 0.05) is 30.4 Å². The second-order valence-corrected chi connectivity index (χ2v) is 10.6. The molecule has 0 saturated heterocycles. The van der Waals surface area contributed by atoms with Crippen LogP contribution < -0.4 is 25.6 Å². The molecule has 3 rings (SSSR count). The van der Waals surface area contributed by atoms with Crippen molar-refractivity contribution in [2.24, 2.45) is 0 Å². The van der Waals surface area contributed by atoms with Gasteiger partial charge in [0.25, 0.3) is 5.88 Å². The standard InChI is InChI=1S/C19H24F5N6O2S.C2HF3O2/c1-4-14(5-2)32-17-6-7-18-29(28-19(25)30(18)27-17)11-16(31)12-8-13(26-3)10-15(9-12)33(20,21,22,23)24;3-2(4,5)1(6)7/h6-10,14,26H,4-5,11H2,1-3H3,(H2,25,28);(H,6,7)/q+1;/p-1. The second-order valence-electron chi connectivity index (χ2n) is 8.19. The van der Waals surface area contributed by atoms with Crippen molar-refractivity contribution in [1.82, 2.24) is 14.7 Å². The Balaban J connectivity index is 0.000000708. The number of carbonyl (C=O) groups is 2. The quantitative estimate of drug-likeness (QED) is 0.211. The monoisotopic (exact) mass is 608 g/mol. The van der Waals surface area contributed by atoms with Crippen LogP contribution in [0.15, 0.2) is 35.2 Å². The predicted molar refractivity (Wildman–Crippen MR) is 125 cm³/mol. The van der Waals surface area contributed by atoms with Crippen molar-refractivity contribution >= 4 is 39.3 Å². The Kier molecular flexibility index (Phi) is 8.55. The summed E-state index contributed by atoms with van der Waals surface area (Å²) in [4.78, 5) is 19.4. The number of halogens is 8. The smallest absolute Gasteiger partial charge is 0.430 e. The van der Waals surface area contributed by atoms with Gasteiger partial charge in [0.1, 0.15) is 17.0 Å². The molecule has 0 atom stereocenters. The zero-order chi connectivity index (χ0) is 30.7. The van der Waals surface area contributed by atoms with E-state index in [0.717, 1.165) is 23.6 Å². The third-order valence-corrected chi connectivity index (χ3v) is 6.31. The normalized spacial score (nSPS) is 13.7. The van der Waals surface area contributed by atoms with Gasteiger partial charge in [-0.1, -0.05) is 37.8 Å². The van der Waals surface area contributed by atoms with Crippen LogP contribution in [0, 0.1) is 0 Å². The molecule has 10 nitrogen and oxygen atoms in total. The Hall–Kier alpha value is -3.90. The molecule has 3 aromatic rings. The van der Waals surface area contributed by atoms with Crippen LogP contribution in [-0.4, -0.2) is 45.8 Å². The molecular weight excluding hydrogens is 584 g/mol. The van der Waals surface area contributed by atoms with Gasteiger partial charge < -0.3 is 25.7 Å². The van der Waals surface area contributed by atoms with Crippen LogP contribution in [0.4, 0.5) is 44.2 Å². The molecule has 0 saturated carbocycles. The number of rotatable bonds is 9. The molecule has 2 aromatic heterocycles. The van der Waals surface area contributed by atoms with E-state index >= 15 is 0 Å². The zero-order valence-electron chi connectivity index (χ0n) is 21.0. The first kappa shape index (κ1) is 32.3. The number of anilines is 2. The Morgan fingerprint density at radius 1 is 1.12 bits per heavy atom. The van der Waals surface area contributed by atoms with E-state index in [1.54, 1.807) is 6.07 Å². The summed E-state index contributed by atoms with van der Waals surface area (Å²) in [5.41, 5.74) is 5.29. The van der Waals surface area contributed by atoms with E-state index in [1.807, 2.05) is 13.8 Å². The van der Waals surface area contributed by atoms with Gasteiger partial charge in [-0.15, -0.1) is 4.68 Å². The maximum Gasteiger partial charge on any atom is 0.430 e. The van der Waals surface area contributed by atoms with Crippen LogP contribution in [0.1, 0.15) is 37.0 Å². The van der Waals surface area contributed by atoms with Crippen LogP contribution in [0.5, 0.6) is 5.88 Å². The van der Waals surface area contributed by atoms with E-state index in [9.17, 15) is 37.4 Å². The molecule has 0 bridgehead atoms. The average Bonchev–Trinajstić information content (AvgIpc) is 3.14. The maximum absolute atomic E-state index is 13.3. The van der Waals surface area contributed by atoms with E-state index in [1.165, 1.54) is 17.6 Å². The molecule has 0 fully saturated rings. The number of fused-ring (bicyclic) bond motifs is 1. The van der Waals surface area contributed by atoms with Crippen molar-refractivity contribution in [3.8, 4) is 5.88 Å².